The van der Waals surface area contributed by atoms with E-state index in [0.29, 0.717) is 32.5 Å². The van der Waals surface area contributed by atoms with E-state index < -0.39 is 5.97 Å². The molecule has 20 heavy (non-hydrogen) atoms. The van der Waals surface area contributed by atoms with Gasteiger partial charge in [-0.05, 0) is 24.0 Å². The Labute approximate surface area is 118 Å². The third-order valence-electron chi connectivity index (χ3n) is 3.64. The van der Waals surface area contributed by atoms with Crippen LogP contribution in [0, 0.1) is 5.92 Å². The molecule has 1 aromatic rings. The molecule has 0 saturated carbocycles. The van der Waals surface area contributed by atoms with Crippen LogP contribution in [0.1, 0.15) is 30.9 Å². The summed E-state index contributed by atoms with van der Waals surface area (Å²) in [6.45, 7) is 3.49. The van der Waals surface area contributed by atoms with Crippen LogP contribution in [0.15, 0.2) is 24.3 Å². The molecule has 1 aliphatic heterocycles. The first kappa shape index (κ1) is 14.4. The monoisotopic (exact) mass is 276 g/mol. The average Bonchev–Trinajstić information content (AvgIpc) is 2.86. The van der Waals surface area contributed by atoms with E-state index >= 15 is 0 Å². The number of hydrogen-bond acceptors (Lipinski definition) is 2. The van der Waals surface area contributed by atoms with Crippen molar-refractivity contribution in [1.82, 2.24) is 10.2 Å². The summed E-state index contributed by atoms with van der Waals surface area (Å²) in [7, 11) is 0. The first-order valence-corrected chi connectivity index (χ1v) is 6.90. The Morgan fingerprint density at radius 3 is 2.45 bits per heavy atom. The Balaban J connectivity index is 1.71. The van der Waals surface area contributed by atoms with Gasteiger partial charge in [0.1, 0.15) is 0 Å². The maximum Gasteiger partial charge on any atom is 0.318 e. The maximum atomic E-state index is 12.0. The second-order valence-electron chi connectivity index (χ2n) is 5.24. The van der Waals surface area contributed by atoms with Crippen molar-refractivity contribution >= 4 is 12.0 Å². The summed E-state index contributed by atoms with van der Waals surface area (Å²) in [5.41, 5.74) is 2.39. The van der Waals surface area contributed by atoms with E-state index in [0.717, 1.165) is 0 Å². The van der Waals surface area contributed by atoms with Crippen molar-refractivity contribution in [2.45, 2.75) is 32.9 Å². The van der Waals surface area contributed by atoms with E-state index in [1.165, 1.54) is 11.1 Å². The Hall–Kier alpha value is -2.04. The predicted molar refractivity (Wildman–Crippen MR) is 75.1 cm³/mol. The fraction of sp³-hybridized carbons (Fsp3) is 0.467. The number of urea groups is 1. The number of carboxylic acids is 1. The van der Waals surface area contributed by atoms with Crippen LogP contribution in [0.25, 0.3) is 0 Å². The zero-order valence-electron chi connectivity index (χ0n) is 11.6. The van der Waals surface area contributed by atoms with Crippen LogP contribution in [0.5, 0.6) is 0 Å². The number of hydrogen-bond donors (Lipinski definition) is 2. The first-order valence-electron chi connectivity index (χ1n) is 6.90. The van der Waals surface area contributed by atoms with E-state index in [-0.39, 0.29) is 11.9 Å². The van der Waals surface area contributed by atoms with Crippen molar-refractivity contribution in [2.75, 3.05) is 6.54 Å². The standard InChI is InChI=1S/C15H20N2O3/c1-11(14(18)19)5-4-8-16-15(20)17-9-12-6-2-3-7-13(12)10-17/h2-3,6-7,11H,4-5,8-10H2,1H3,(H,16,20)(H,18,19). The number of nitrogens with one attached hydrogen (secondary N) is 1. The molecule has 0 saturated heterocycles. The zero-order chi connectivity index (χ0) is 14.5. The molecule has 5 nitrogen and oxygen atoms in total. The molecule has 1 atom stereocenters. The number of aliphatic carboxylic acids is 1. The molecule has 0 spiro atoms. The molecule has 2 rings (SSSR count). The van der Waals surface area contributed by atoms with Crippen molar-refractivity contribution in [3.63, 3.8) is 0 Å². The fourth-order valence-electron chi connectivity index (χ4n) is 2.32. The molecule has 1 heterocycles. The fourth-order valence-corrected chi connectivity index (χ4v) is 2.32. The van der Waals surface area contributed by atoms with E-state index in [1.807, 2.05) is 24.3 Å². The lowest BCUT2D eigenvalue weighted by Crippen LogP contribution is -2.37. The highest BCUT2D eigenvalue weighted by Gasteiger charge is 2.22. The molecule has 0 radical (unpaired) electrons. The molecule has 108 valence electrons. The Morgan fingerprint density at radius 1 is 1.30 bits per heavy atom. The Morgan fingerprint density at radius 2 is 1.90 bits per heavy atom. The van der Waals surface area contributed by atoms with E-state index in [9.17, 15) is 9.59 Å². The van der Waals surface area contributed by atoms with Gasteiger partial charge in [0.25, 0.3) is 0 Å². The van der Waals surface area contributed by atoms with Gasteiger partial charge in [-0.1, -0.05) is 31.2 Å². The molecular weight excluding hydrogens is 256 g/mol. The quantitative estimate of drug-likeness (QED) is 0.810. The normalized spacial score (nSPS) is 14.8. The highest BCUT2D eigenvalue weighted by atomic mass is 16.4. The molecule has 0 aliphatic carbocycles. The molecule has 1 unspecified atom stereocenters. The summed E-state index contributed by atoms with van der Waals surface area (Å²) < 4.78 is 0. The summed E-state index contributed by atoms with van der Waals surface area (Å²) in [4.78, 5) is 24.4. The number of amides is 2. The van der Waals surface area contributed by atoms with Crippen LogP contribution in [0.2, 0.25) is 0 Å². The highest BCUT2D eigenvalue weighted by molar-refractivity contribution is 5.75. The lowest BCUT2D eigenvalue weighted by Gasteiger charge is -2.16. The van der Waals surface area contributed by atoms with Crippen molar-refractivity contribution in [2.24, 2.45) is 5.92 Å². The lowest BCUT2D eigenvalue weighted by atomic mass is 10.1. The third kappa shape index (κ3) is 3.50. The number of carbonyl (C=O) groups excluding carboxylic acids is 1. The van der Waals surface area contributed by atoms with Crippen molar-refractivity contribution in [3.05, 3.63) is 35.4 Å². The van der Waals surface area contributed by atoms with Crippen LogP contribution in [0.4, 0.5) is 4.79 Å². The van der Waals surface area contributed by atoms with Gasteiger partial charge in [0, 0.05) is 19.6 Å². The van der Waals surface area contributed by atoms with Crippen LogP contribution in [-0.4, -0.2) is 28.6 Å². The first-order chi connectivity index (χ1) is 9.58. The number of carbonyl (C=O) groups is 2. The molecular formula is C15H20N2O3. The van der Waals surface area contributed by atoms with E-state index in [1.54, 1.807) is 11.8 Å². The maximum absolute atomic E-state index is 12.0. The van der Waals surface area contributed by atoms with Gasteiger partial charge in [-0.15, -0.1) is 0 Å². The Bertz CT molecular complexity index is 477. The molecule has 5 heteroatoms. The van der Waals surface area contributed by atoms with Gasteiger partial charge in [0.05, 0.1) is 5.92 Å². The van der Waals surface area contributed by atoms with Crippen LogP contribution in [0.3, 0.4) is 0 Å². The SMILES string of the molecule is CC(CCCNC(=O)N1Cc2ccccc2C1)C(=O)O. The smallest absolute Gasteiger partial charge is 0.318 e. The van der Waals surface area contributed by atoms with Gasteiger partial charge >= 0.3 is 12.0 Å². The van der Waals surface area contributed by atoms with Crippen molar-refractivity contribution in [3.8, 4) is 0 Å². The zero-order valence-corrected chi connectivity index (χ0v) is 11.6. The molecule has 2 N–H and O–H groups in total. The number of carboxylic acid groups (broad SMARTS) is 1. The van der Waals surface area contributed by atoms with Gasteiger partial charge in [0.15, 0.2) is 0 Å². The summed E-state index contributed by atoms with van der Waals surface area (Å²) in [6, 6.07) is 7.96. The summed E-state index contributed by atoms with van der Waals surface area (Å²) in [5, 5.41) is 11.6. The topological polar surface area (TPSA) is 69.6 Å². The summed E-state index contributed by atoms with van der Waals surface area (Å²) in [6.07, 6.45) is 1.26. The van der Waals surface area contributed by atoms with E-state index in [4.69, 9.17) is 5.11 Å². The van der Waals surface area contributed by atoms with Gasteiger partial charge in [-0.2, -0.15) is 0 Å². The summed E-state index contributed by atoms with van der Waals surface area (Å²) in [5.74, 6) is -1.14. The molecule has 0 bridgehead atoms. The third-order valence-corrected chi connectivity index (χ3v) is 3.64. The van der Waals surface area contributed by atoms with Crippen LogP contribution < -0.4 is 5.32 Å². The molecule has 1 aromatic carbocycles. The van der Waals surface area contributed by atoms with Crippen LogP contribution in [-0.2, 0) is 17.9 Å². The molecule has 0 aromatic heterocycles. The lowest BCUT2D eigenvalue weighted by molar-refractivity contribution is -0.141. The number of benzene rings is 1. The number of rotatable bonds is 5. The predicted octanol–water partition coefficient (Wildman–Crippen LogP) is 2.21. The van der Waals surface area contributed by atoms with E-state index in [2.05, 4.69) is 5.32 Å². The molecule has 2 amide bonds. The molecule has 1 aliphatic rings. The minimum atomic E-state index is -0.786. The average molecular weight is 276 g/mol. The van der Waals surface area contributed by atoms with Crippen molar-refractivity contribution < 1.29 is 14.7 Å². The second kappa shape index (κ2) is 6.41. The number of fused-ring (bicyclic) bond motifs is 1. The van der Waals surface area contributed by atoms with Gasteiger partial charge in [-0.25, -0.2) is 4.79 Å². The second-order valence-corrected chi connectivity index (χ2v) is 5.24. The van der Waals surface area contributed by atoms with Gasteiger partial charge in [-0.3, -0.25) is 4.79 Å². The molecule has 0 fully saturated rings. The largest absolute Gasteiger partial charge is 0.481 e. The van der Waals surface area contributed by atoms with Crippen molar-refractivity contribution in [1.29, 1.82) is 0 Å². The van der Waals surface area contributed by atoms with Gasteiger partial charge < -0.3 is 15.3 Å². The van der Waals surface area contributed by atoms with Crippen LogP contribution >= 0.6 is 0 Å². The minimum absolute atomic E-state index is 0.0795. The highest BCUT2D eigenvalue weighted by Crippen LogP contribution is 2.21. The van der Waals surface area contributed by atoms with Gasteiger partial charge in [0.2, 0.25) is 0 Å². The number of nitrogens with zero attached hydrogens (tertiary/aromatic N) is 1. The Kier molecular flexibility index (Phi) is 4.61. The summed E-state index contributed by atoms with van der Waals surface area (Å²) >= 11 is 0. The minimum Gasteiger partial charge on any atom is -0.481 e.